The van der Waals surface area contributed by atoms with Gasteiger partial charge in [-0.1, -0.05) is 24.3 Å². The van der Waals surface area contributed by atoms with Crippen LogP contribution in [0.15, 0.2) is 49.1 Å². The molecule has 0 spiro atoms. The topological polar surface area (TPSA) is 80.5 Å². The molecule has 138 valence electrons. The van der Waals surface area contributed by atoms with Gasteiger partial charge in [0.25, 0.3) is 0 Å². The van der Waals surface area contributed by atoms with Gasteiger partial charge in [0.2, 0.25) is 5.91 Å². The molecular formula is C20H20N4O3. The summed E-state index contributed by atoms with van der Waals surface area (Å²) in [6.45, 7) is 3.30. The molecule has 0 fully saturated rings. The maximum Gasteiger partial charge on any atom is 0.244 e. The first-order chi connectivity index (χ1) is 13.1. The summed E-state index contributed by atoms with van der Waals surface area (Å²) in [7, 11) is 0. The van der Waals surface area contributed by atoms with Crippen molar-refractivity contribution in [3.63, 3.8) is 0 Å². The number of nitrogens with zero attached hydrogens (tertiary/aromatic N) is 4. The Morgan fingerprint density at radius 3 is 2.93 bits per heavy atom. The summed E-state index contributed by atoms with van der Waals surface area (Å²) in [5.74, 6) is 0.470. The summed E-state index contributed by atoms with van der Waals surface area (Å²) in [4.78, 5) is 18.2. The Kier molecular flexibility index (Phi) is 4.50. The zero-order valence-electron chi connectivity index (χ0n) is 15.0. The zero-order chi connectivity index (χ0) is 18.8. The molecular weight excluding hydrogens is 344 g/mol. The van der Waals surface area contributed by atoms with Crippen molar-refractivity contribution in [3.05, 3.63) is 60.2 Å². The number of rotatable bonds is 3. The number of ether oxygens (including phenoxy) is 1. The number of carbonyl (C=O) groups excluding carboxylic acids is 1. The van der Waals surface area contributed by atoms with Gasteiger partial charge >= 0.3 is 0 Å². The highest BCUT2D eigenvalue weighted by Gasteiger charge is 2.23. The molecule has 7 nitrogen and oxygen atoms in total. The fourth-order valence-electron chi connectivity index (χ4n) is 3.32. The molecule has 1 aliphatic heterocycles. The molecule has 0 radical (unpaired) electrons. The third-order valence-electron chi connectivity index (χ3n) is 4.69. The van der Waals surface area contributed by atoms with Gasteiger partial charge in [-0.2, -0.15) is 5.10 Å². The van der Waals surface area contributed by atoms with Crippen LogP contribution in [0.3, 0.4) is 0 Å². The zero-order valence-corrected chi connectivity index (χ0v) is 15.0. The predicted molar refractivity (Wildman–Crippen MR) is 99.2 cm³/mol. The maximum atomic E-state index is 12.6. The molecule has 0 saturated carbocycles. The number of aromatic nitrogens is 3. The van der Waals surface area contributed by atoms with Gasteiger partial charge in [0.05, 0.1) is 6.54 Å². The molecule has 4 rings (SSSR count). The molecule has 2 heterocycles. The van der Waals surface area contributed by atoms with E-state index >= 15 is 0 Å². The Morgan fingerprint density at radius 1 is 1.30 bits per heavy atom. The van der Waals surface area contributed by atoms with Crippen LogP contribution in [0.5, 0.6) is 11.5 Å². The summed E-state index contributed by atoms with van der Waals surface area (Å²) in [6.07, 6.45) is 2.92. The Hall–Kier alpha value is -3.35. The van der Waals surface area contributed by atoms with Crippen LogP contribution in [-0.2, 0) is 17.9 Å². The van der Waals surface area contributed by atoms with Gasteiger partial charge in [-0.3, -0.25) is 4.79 Å². The largest absolute Gasteiger partial charge is 0.504 e. The van der Waals surface area contributed by atoms with Crippen molar-refractivity contribution in [1.82, 2.24) is 19.7 Å². The lowest BCUT2D eigenvalue weighted by atomic mass is 9.98. The summed E-state index contributed by atoms with van der Waals surface area (Å²) in [5, 5.41) is 14.5. The van der Waals surface area contributed by atoms with E-state index in [0.29, 0.717) is 25.4 Å². The van der Waals surface area contributed by atoms with E-state index in [0.717, 1.165) is 22.3 Å². The van der Waals surface area contributed by atoms with E-state index < -0.39 is 0 Å². The summed E-state index contributed by atoms with van der Waals surface area (Å²) >= 11 is 0. The van der Waals surface area contributed by atoms with Crippen molar-refractivity contribution < 1.29 is 14.6 Å². The SMILES string of the molecule is Cc1ccccc1-c1cc(O)c2c(c1)CN(C(=O)Cn1cncn1)CCO2. The first kappa shape index (κ1) is 17.1. The molecule has 0 bridgehead atoms. The van der Waals surface area contributed by atoms with Crippen molar-refractivity contribution in [2.24, 2.45) is 0 Å². The molecule has 1 amide bonds. The van der Waals surface area contributed by atoms with Crippen LogP contribution in [-0.4, -0.2) is 43.8 Å². The summed E-state index contributed by atoms with van der Waals surface area (Å²) in [6, 6.07) is 11.7. The molecule has 27 heavy (non-hydrogen) atoms. The van der Waals surface area contributed by atoms with Gasteiger partial charge in [0, 0.05) is 12.1 Å². The summed E-state index contributed by atoms with van der Waals surface area (Å²) in [5.41, 5.74) is 3.85. The lowest BCUT2D eigenvalue weighted by molar-refractivity contribution is -0.132. The smallest absolute Gasteiger partial charge is 0.244 e. The second kappa shape index (κ2) is 7.11. The van der Waals surface area contributed by atoms with Gasteiger partial charge < -0.3 is 14.7 Å². The maximum absolute atomic E-state index is 12.6. The summed E-state index contributed by atoms with van der Waals surface area (Å²) < 4.78 is 7.23. The number of phenolic OH excluding ortho intramolecular Hbond substituents is 1. The average Bonchev–Trinajstić information content (AvgIpc) is 3.05. The number of amides is 1. The minimum Gasteiger partial charge on any atom is -0.504 e. The number of aromatic hydroxyl groups is 1. The highest BCUT2D eigenvalue weighted by molar-refractivity contribution is 5.77. The third kappa shape index (κ3) is 3.48. The highest BCUT2D eigenvalue weighted by Crippen LogP contribution is 2.38. The molecule has 1 aromatic heterocycles. The molecule has 0 saturated heterocycles. The molecule has 2 aromatic carbocycles. The van der Waals surface area contributed by atoms with Gasteiger partial charge in [0.15, 0.2) is 11.5 Å². The van der Waals surface area contributed by atoms with Crippen LogP contribution in [0.2, 0.25) is 0 Å². The number of benzene rings is 2. The normalized spacial score (nSPS) is 13.6. The lowest BCUT2D eigenvalue weighted by Gasteiger charge is -2.20. The van der Waals surface area contributed by atoms with Crippen LogP contribution in [0.1, 0.15) is 11.1 Å². The van der Waals surface area contributed by atoms with E-state index in [-0.39, 0.29) is 18.2 Å². The quantitative estimate of drug-likeness (QED) is 0.772. The minimum atomic E-state index is -0.0715. The van der Waals surface area contributed by atoms with Crippen LogP contribution in [0.25, 0.3) is 11.1 Å². The first-order valence-corrected chi connectivity index (χ1v) is 8.76. The average molecular weight is 364 g/mol. The number of hydrogen-bond acceptors (Lipinski definition) is 5. The number of carbonyl (C=O) groups is 1. The monoisotopic (exact) mass is 364 g/mol. The molecule has 0 unspecified atom stereocenters. The lowest BCUT2D eigenvalue weighted by Crippen LogP contribution is -2.35. The van der Waals surface area contributed by atoms with Crippen molar-refractivity contribution in [2.75, 3.05) is 13.2 Å². The van der Waals surface area contributed by atoms with Crippen molar-refractivity contribution in [2.45, 2.75) is 20.0 Å². The van der Waals surface area contributed by atoms with Crippen molar-refractivity contribution in [3.8, 4) is 22.6 Å². The molecule has 0 atom stereocenters. The molecule has 1 N–H and O–H groups in total. The van der Waals surface area contributed by atoms with E-state index in [2.05, 4.69) is 10.1 Å². The van der Waals surface area contributed by atoms with Gasteiger partial charge in [-0.15, -0.1) is 0 Å². The second-order valence-corrected chi connectivity index (χ2v) is 6.56. The fraction of sp³-hybridized carbons (Fsp3) is 0.250. The van der Waals surface area contributed by atoms with E-state index in [1.165, 1.54) is 17.3 Å². The number of hydrogen-bond donors (Lipinski definition) is 1. The third-order valence-corrected chi connectivity index (χ3v) is 4.69. The van der Waals surface area contributed by atoms with E-state index in [1.807, 2.05) is 37.3 Å². The van der Waals surface area contributed by atoms with E-state index in [9.17, 15) is 9.90 Å². The number of aryl methyl sites for hydroxylation is 1. The van der Waals surface area contributed by atoms with E-state index in [4.69, 9.17) is 4.74 Å². The number of phenols is 1. The molecule has 3 aromatic rings. The number of fused-ring (bicyclic) bond motifs is 1. The molecule has 1 aliphatic rings. The highest BCUT2D eigenvalue weighted by atomic mass is 16.5. The van der Waals surface area contributed by atoms with Crippen LogP contribution >= 0.6 is 0 Å². The first-order valence-electron chi connectivity index (χ1n) is 8.76. The molecule has 7 heteroatoms. The second-order valence-electron chi connectivity index (χ2n) is 6.56. The molecule has 0 aliphatic carbocycles. The van der Waals surface area contributed by atoms with Crippen LogP contribution in [0.4, 0.5) is 0 Å². The Labute approximate surface area is 156 Å². The van der Waals surface area contributed by atoms with Gasteiger partial charge in [-0.05, 0) is 35.7 Å². The van der Waals surface area contributed by atoms with Gasteiger partial charge in [0.1, 0.15) is 25.8 Å². The predicted octanol–water partition coefficient (Wildman–Crippen LogP) is 2.38. The van der Waals surface area contributed by atoms with E-state index in [1.54, 1.807) is 11.0 Å². The van der Waals surface area contributed by atoms with Crippen LogP contribution < -0.4 is 4.74 Å². The van der Waals surface area contributed by atoms with Gasteiger partial charge in [-0.25, -0.2) is 9.67 Å². The van der Waals surface area contributed by atoms with Crippen molar-refractivity contribution in [1.29, 1.82) is 0 Å². The Morgan fingerprint density at radius 2 is 2.15 bits per heavy atom. The van der Waals surface area contributed by atoms with Crippen molar-refractivity contribution >= 4 is 5.91 Å². The Bertz CT molecular complexity index is 969. The fourth-order valence-corrected chi connectivity index (χ4v) is 3.32. The minimum absolute atomic E-state index is 0.0715. The standard InChI is InChI=1S/C20H20N4O3/c1-14-4-2-3-5-17(14)15-8-16-10-23(6-7-27-20(16)18(25)9-15)19(26)11-24-13-21-12-22-24/h2-5,8-9,12-13,25H,6-7,10-11H2,1H3. The Balaban J connectivity index is 1.65. The van der Waals surface area contributed by atoms with Crippen LogP contribution in [0, 0.1) is 6.92 Å².